The quantitative estimate of drug-likeness (QED) is 0.465. The Labute approximate surface area is 209 Å². The molecule has 2 heterocycles. The summed E-state index contributed by atoms with van der Waals surface area (Å²) < 4.78 is 93.7. The highest BCUT2D eigenvalue weighted by Crippen LogP contribution is 2.49. The van der Waals surface area contributed by atoms with Crippen LogP contribution >= 0.6 is 0 Å². The summed E-state index contributed by atoms with van der Waals surface area (Å²) in [4.78, 5) is 21.2. The molecule has 1 aliphatic carbocycles. The highest BCUT2D eigenvalue weighted by atomic mass is 19.4. The third kappa shape index (κ3) is 5.66. The Hall–Kier alpha value is -2.93. The smallest absolute Gasteiger partial charge is 0.363 e. The van der Waals surface area contributed by atoms with Gasteiger partial charge >= 0.3 is 6.18 Å². The second-order valence-electron chi connectivity index (χ2n) is 9.32. The van der Waals surface area contributed by atoms with Gasteiger partial charge in [0.05, 0.1) is 42.5 Å². The summed E-state index contributed by atoms with van der Waals surface area (Å²) >= 11 is 0. The molecule has 2 fully saturated rings. The van der Waals surface area contributed by atoms with Crippen LogP contribution in [0.3, 0.4) is 0 Å². The number of ether oxygens (including phenoxy) is 2. The molecule has 0 bridgehead atoms. The van der Waals surface area contributed by atoms with Crippen LogP contribution in [0.15, 0.2) is 18.2 Å². The maximum atomic E-state index is 15.0. The van der Waals surface area contributed by atoms with Crippen molar-refractivity contribution in [1.29, 1.82) is 0 Å². The van der Waals surface area contributed by atoms with E-state index in [9.17, 15) is 31.1 Å². The van der Waals surface area contributed by atoms with Gasteiger partial charge in [-0.2, -0.15) is 13.2 Å². The zero-order valence-corrected chi connectivity index (χ0v) is 20.3. The van der Waals surface area contributed by atoms with Crippen LogP contribution in [0, 0.1) is 12.7 Å². The van der Waals surface area contributed by atoms with E-state index in [-0.39, 0.29) is 54.5 Å². The first-order chi connectivity index (χ1) is 17.2. The molecule has 2 aromatic rings. The van der Waals surface area contributed by atoms with Gasteiger partial charge in [0.25, 0.3) is 5.92 Å². The summed E-state index contributed by atoms with van der Waals surface area (Å²) in [7, 11) is 0. The number of aromatic nitrogens is 2. The van der Waals surface area contributed by atoms with Gasteiger partial charge < -0.3 is 20.1 Å². The zero-order valence-electron chi connectivity index (χ0n) is 20.3. The minimum atomic E-state index is -4.58. The van der Waals surface area contributed by atoms with Crippen LogP contribution in [0.1, 0.15) is 67.2 Å². The molecule has 2 N–H and O–H groups in total. The molecular weight excluding hydrogens is 506 g/mol. The highest BCUT2D eigenvalue weighted by molar-refractivity contribution is 5.80. The van der Waals surface area contributed by atoms with Crippen LogP contribution in [-0.4, -0.2) is 40.8 Å². The van der Waals surface area contributed by atoms with E-state index in [1.165, 1.54) is 26.0 Å². The van der Waals surface area contributed by atoms with Gasteiger partial charge in [-0.3, -0.25) is 4.79 Å². The Bertz CT molecular complexity index is 1170. The number of nitrogens with zero attached hydrogens (tertiary/aromatic N) is 2. The Balaban J connectivity index is 1.66. The number of halogens is 6. The maximum absolute atomic E-state index is 15.0. The standard InChI is InChI=1S/C24H26F6N4O3/c1-12(14-5-4-6-15(19(14)25)22(3,26)27)31-20-18(21-36-9-10-37-21)16(32-13(2)33-20)11-17(35)34-23(7-8-23)24(28,29)30/h4-6,12,21H,7-11H2,1-3H3,(H,34,35)(H,31,32,33)/t12-/m1/s1. The molecule has 1 aliphatic heterocycles. The summed E-state index contributed by atoms with van der Waals surface area (Å²) in [5, 5.41) is 5.01. The molecular formula is C24H26F6N4O3. The van der Waals surface area contributed by atoms with Crippen molar-refractivity contribution in [2.75, 3.05) is 18.5 Å². The SMILES string of the molecule is Cc1nc(CC(=O)NC2(C(F)(F)F)CC2)c(C2OCCO2)c(N[C@H](C)c2cccc(C(C)(F)F)c2F)n1. The number of amides is 1. The van der Waals surface area contributed by atoms with Crippen molar-refractivity contribution < 1.29 is 40.6 Å². The minimum Gasteiger partial charge on any atom is -0.363 e. The summed E-state index contributed by atoms with van der Waals surface area (Å²) in [6.07, 6.45) is -6.56. The third-order valence-electron chi connectivity index (χ3n) is 6.31. The van der Waals surface area contributed by atoms with Gasteiger partial charge in [0.2, 0.25) is 5.91 Å². The lowest BCUT2D eigenvalue weighted by molar-refractivity contribution is -0.170. The lowest BCUT2D eigenvalue weighted by atomic mass is 10.0. The number of nitrogens with one attached hydrogen (secondary N) is 2. The topological polar surface area (TPSA) is 85.4 Å². The van der Waals surface area contributed by atoms with Crippen molar-refractivity contribution in [3.05, 3.63) is 52.2 Å². The van der Waals surface area contributed by atoms with E-state index in [1.807, 2.05) is 0 Å². The molecule has 1 saturated carbocycles. The molecule has 1 saturated heterocycles. The molecule has 0 radical (unpaired) electrons. The fourth-order valence-electron chi connectivity index (χ4n) is 4.23. The molecule has 4 rings (SSSR count). The number of alkyl halides is 5. The predicted octanol–water partition coefficient (Wildman–Crippen LogP) is 5.01. The van der Waals surface area contributed by atoms with Crippen LogP contribution < -0.4 is 10.6 Å². The number of benzene rings is 1. The van der Waals surface area contributed by atoms with Gasteiger partial charge in [0, 0.05) is 12.5 Å². The van der Waals surface area contributed by atoms with Crippen molar-refractivity contribution in [2.45, 2.75) is 70.0 Å². The summed E-state index contributed by atoms with van der Waals surface area (Å²) in [5.41, 5.74) is -2.84. The average Bonchev–Trinajstić information content (AvgIpc) is 3.36. The molecule has 2 aliphatic rings. The number of aryl methyl sites for hydroxylation is 1. The van der Waals surface area contributed by atoms with E-state index in [1.54, 1.807) is 0 Å². The number of hydrogen-bond donors (Lipinski definition) is 2. The van der Waals surface area contributed by atoms with Gasteiger partial charge in [0.1, 0.15) is 23.0 Å². The number of carbonyl (C=O) groups excluding carboxylic acids is 1. The number of rotatable bonds is 8. The summed E-state index contributed by atoms with van der Waals surface area (Å²) in [6.45, 7) is 4.04. The van der Waals surface area contributed by atoms with E-state index < -0.39 is 53.7 Å². The number of hydrogen-bond acceptors (Lipinski definition) is 6. The third-order valence-corrected chi connectivity index (χ3v) is 6.31. The normalized spacial score (nSPS) is 18.5. The maximum Gasteiger partial charge on any atom is 0.411 e. The molecule has 1 aromatic carbocycles. The molecule has 7 nitrogen and oxygen atoms in total. The van der Waals surface area contributed by atoms with Gasteiger partial charge in [-0.1, -0.05) is 18.2 Å². The van der Waals surface area contributed by atoms with E-state index >= 15 is 0 Å². The fourth-order valence-corrected chi connectivity index (χ4v) is 4.23. The monoisotopic (exact) mass is 532 g/mol. The second-order valence-corrected chi connectivity index (χ2v) is 9.32. The van der Waals surface area contributed by atoms with Crippen LogP contribution in [0.25, 0.3) is 0 Å². The van der Waals surface area contributed by atoms with Crippen molar-refractivity contribution in [2.24, 2.45) is 0 Å². The molecule has 1 aromatic heterocycles. The number of anilines is 1. The second kappa shape index (κ2) is 9.75. The Morgan fingerprint density at radius 3 is 2.38 bits per heavy atom. The van der Waals surface area contributed by atoms with Crippen molar-refractivity contribution >= 4 is 11.7 Å². The first-order valence-corrected chi connectivity index (χ1v) is 11.6. The van der Waals surface area contributed by atoms with Crippen molar-refractivity contribution in [3.8, 4) is 0 Å². The molecule has 13 heteroatoms. The molecule has 0 spiro atoms. The largest absolute Gasteiger partial charge is 0.411 e. The van der Waals surface area contributed by atoms with Gasteiger partial charge in [0.15, 0.2) is 6.29 Å². The molecule has 37 heavy (non-hydrogen) atoms. The van der Waals surface area contributed by atoms with E-state index in [4.69, 9.17) is 9.47 Å². The van der Waals surface area contributed by atoms with E-state index in [0.717, 1.165) is 6.07 Å². The first kappa shape index (κ1) is 27.1. The van der Waals surface area contributed by atoms with Crippen LogP contribution in [-0.2, 0) is 26.6 Å². The van der Waals surface area contributed by atoms with Gasteiger partial charge in [-0.15, -0.1) is 0 Å². The summed E-state index contributed by atoms with van der Waals surface area (Å²) in [5.74, 6) is -5.13. The Morgan fingerprint density at radius 2 is 1.81 bits per heavy atom. The van der Waals surface area contributed by atoms with Crippen LogP contribution in [0.5, 0.6) is 0 Å². The predicted molar refractivity (Wildman–Crippen MR) is 119 cm³/mol. The first-order valence-electron chi connectivity index (χ1n) is 11.6. The Morgan fingerprint density at radius 1 is 1.16 bits per heavy atom. The zero-order chi connectivity index (χ0) is 27.2. The van der Waals surface area contributed by atoms with E-state index in [0.29, 0.717) is 6.92 Å². The number of carbonyl (C=O) groups is 1. The molecule has 1 amide bonds. The summed E-state index contributed by atoms with van der Waals surface area (Å²) in [6, 6.07) is 2.77. The lowest BCUT2D eigenvalue weighted by Crippen LogP contribution is -2.48. The van der Waals surface area contributed by atoms with Crippen LogP contribution in [0.4, 0.5) is 32.2 Å². The lowest BCUT2D eigenvalue weighted by Gasteiger charge is -2.24. The van der Waals surface area contributed by atoms with Crippen LogP contribution in [0.2, 0.25) is 0 Å². The van der Waals surface area contributed by atoms with Crippen molar-refractivity contribution in [1.82, 2.24) is 15.3 Å². The molecule has 202 valence electrons. The highest BCUT2D eigenvalue weighted by Gasteiger charge is 2.64. The van der Waals surface area contributed by atoms with Crippen molar-refractivity contribution in [3.63, 3.8) is 0 Å². The van der Waals surface area contributed by atoms with Gasteiger partial charge in [-0.25, -0.2) is 23.1 Å². The fraction of sp³-hybridized carbons (Fsp3) is 0.542. The Kier molecular flexibility index (Phi) is 7.14. The minimum absolute atomic E-state index is 0.0605. The molecule has 1 atom stereocenters. The van der Waals surface area contributed by atoms with Gasteiger partial charge in [-0.05, 0) is 26.7 Å². The van der Waals surface area contributed by atoms with E-state index in [2.05, 4.69) is 20.6 Å². The average molecular weight is 532 g/mol. The molecule has 0 unspecified atom stereocenters.